The third kappa shape index (κ3) is 4.34. The average molecular weight is 567 g/mol. The first-order valence-electron chi connectivity index (χ1n) is 13.1. The summed E-state index contributed by atoms with van der Waals surface area (Å²) >= 11 is 0. The summed E-state index contributed by atoms with van der Waals surface area (Å²) in [5.41, 5.74) is -2.12. The molecule has 0 radical (unpaired) electrons. The smallest absolute Gasteiger partial charge is 0.397 e. The number of ether oxygens (including phenoxy) is 1. The Balaban J connectivity index is 1.33. The van der Waals surface area contributed by atoms with Gasteiger partial charge in [-0.1, -0.05) is 13.8 Å². The quantitative estimate of drug-likeness (QED) is 0.155. The largest absolute Gasteiger partial charge is 0.458 e. The average Bonchev–Trinajstić information content (AvgIpc) is 3.17. The topological polar surface area (TPSA) is 89.9 Å². The molecule has 4 aliphatic carbocycles. The van der Waals surface area contributed by atoms with Gasteiger partial charge < -0.3 is 4.74 Å². The Morgan fingerprint density at radius 3 is 2.03 bits per heavy atom. The number of fused-ring (bicyclic) bond motifs is 5. The van der Waals surface area contributed by atoms with Gasteiger partial charge in [-0.3, -0.25) is 4.55 Å². The van der Waals surface area contributed by atoms with E-state index in [0.717, 1.165) is 25.7 Å². The number of hydrogen-bond acceptors (Lipinski definition) is 5. The normalized spacial score (nSPS) is 38.7. The molecular formula is C26H31F5O6S. The molecule has 5 rings (SSSR count). The lowest BCUT2D eigenvalue weighted by molar-refractivity contribution is -0.132. The van der Waals surface area contributed by atoms with Gasteiger partial charge in [-0.15, -0.1) is 0 Å². The highest BCUT2D eigenvalue weighted by molar-refractivity contribution is 7.80. The maximum absolute atomic E-state index is 14.2. The first kappa shape index (κ1) is 27.8. The van der Waals surface area contributed by atoms with Gasteiger partial charge in [0.2, 0.25) is 5.82 Å². The first-order valence-corrected chi connectivity index (χ1v) is 14.4. The van der Waals surface area contributed by atoms with Crippen LogP contribution < -0.4 is 0 Å². The number of hydrogen-bond donors (Lipinski definition) is 1. The third-order valence-electron chi connectivity index (χ3n) is 10.5. The van der Waals surface area contributed by atoms with Crippen LogP contribution in [0.4, 0.5) is 22.0 Å². The molecule has 12 heteroatoms. The van der Waals surface area contributed by atoms with Gasteiger partial charge in [-0.25, -0.2) is 30.9 Å². The molecular weight excluding hydrogens is 535 g/mol. The molecule has 1 aromatic rings. The van der Waals surface area contributed by atoms with E-state index in [1.165, 1.54) is 0 Å². The maximum Gasteiger partial charge on any atom is 0.397 e. The van der Waals surface area contributed by atoms with Crippen molar-refractivity contribution in [2.75, 3.05) is 0 Å². The van der Waals surface area contributed by atoms with Crippen molar-refractivity contribution < 1.29 is 48.6 Å². The molecule has 1 aromatic carbocycles. The molecule has 0 spiro atoms. The van der Waals surface area contributed by atoms with E-state index in [4.69, 9.17) is 13.5 Å². The highest BCUT2D eigenvalue weighted by Gasteiger charge is 2.61. The van der Waals surface area contributed by atoms with E-state index in [0.29, 0.717) is 43.9 Å². The zero-order chi connectivity index (χ0) is 27.8. The Hall–Kier alpha value is -1.79. The zero-order valence-corrected chi connectivity index (χ0v) is 21.9. The van der Waals surface area contributed by atoms with Crippen molar-refractivity contribution in [3.63, 3.8) is 0 Å². The van der Waals surface area contributed by atoms with Crippen LogP contribution >= 0.6 is 0 Å². The number of carbonyl (C=O) groups is 1. The van der Waals surface area contributed by atoms with Crippen molar-refractivity contribution in [2.24, 2.45) is 34.5 Å². The molecule has 4 fully saturated rings. The second-order valence-electron chi connectivity index (χ2n) is 12.0. The summed E-state index contributed by atoms with van der Waals surface area (Å²) in [6.45, 7) is 4.21. The van der Waals surface area contributed by atoms with Crippen LogP contribution in [0.3, 0.4) is 0 Å². The molecule has 4 aliphatic rings. The number of benzene rings is 1. The van der Waals surface area contributed by atoms with Crippen molar-refractivity contribution in [2.45, 2.75) is 83.8 Å². The van der Waals surface area contributed by atoms with Gasteiger partial charge in [0.05, 0.1) is 6.10 Å². The van der Waals surface area contributed by atoms with Gasteiger partial charge in [0.1, 0.15) is 11.7 Å². The second kappa shape index (κ2) is 9.40. The molecule has 212 valence electrons. The molecule has 1 N–H and O–H groups in total. The van der Waals surface area contributed by atoms with Gasteiger partial charge in [0, 0.05) is 5.41 Å². The molecule has 0 heterocycles. The SMILES string of the molecule is C[C@]12CCC3C(CC[C@@H]4C[C@H](OS(=O)(=O)O)CC[C@]34C)C1CC[C@H]2OC(=O)c1c(F)c(F)c(F)c(F)c1F. The Morgan fingerprint density at radius 2 is 1.39 bits per heavy atom. The van der Waals surface area contributed by atoms with E-state index in [-0.39, 0.29) is 17.3 Å². The van der Waals surface area contributed by atoms with E-state index >= 15 is 0 Å². The Labute approximate surface area is 218 Å². The number of esters is 1. The van der Waals surface area contributed by atoms with Crippen molar-refractivity contribution in [3.05, 3.63) is 34.6 Å². The van der Waals surface area contributed by atoms with Gasteiger partial charge in [0.25, 0.3) is 0 Å². The monoisotopic (exact) mass is 566 g/mol. The second-order valence-corrected chi connectivity index (χ2v) is 13.1. The molecule has 0 amide bonds. The summed E-state index contributed by atoms with van der Waals surface area (Å²) in [4.78, 5) is 12.7. The number of rotatable bonds is 4. The van der Waals surface area contributed by atoms with Crippen LogP contribution in [-0.4, -0.2) is 31.1 Å². The lowest BCUT2D eigenvalue weighted by atomic mass is 9.45. The molecule has 0 aromatic heterocycles. The van der Waals surface area contributed by atoms with Gasteiger partial charge in [-0.05, 0) is 86.9 Å². The minimum atomic E-state index is -4.52. The van der Waals surface area contributed by atoms with Crippen molar-refractivity contribution in [3.8, 4) is 0 Å². The maximum atomic E-state index is 14.2. The third-order valence-corrected chi connectivity index (χ3v) is 11.0. The number of halogens is 5. The molecule has 0 bridgehead atoms. The Bertz CT molecular complexity index is 1230. The molecule has 4 saturated carbocycles. The van der Waals surface area contributed by atoms with Gasteiger partial charge in [0.15, 0.2) is 23.3 Å². The zero-order valence-electron chi connectivity index (χ0n) is 21.1. The summed E-state index contributed by atoms with van der Waals surface area (Å²) in [5.74, 6) is -11.6. The Morgan fingerprint density at radius 1 is 0.816 bits per heavy atom. The minimum Gasteiger partial charge on any atom is -0.458 e. The predicted octanol–water partition coefficient (Wildman–Crippen LogP) is 6.14. The van der Waals surface area contributed by atoms with Crippen LogP contribution in [0.5, 0.6) is 0 Å². The summed E-state index contributed by atoms with van der Waals surface area (Å²) < 4.78 is 111. The summed E-state index contributed by atoms with van der Waals surface area (Å²) in [7, 11) is -4.52. The molecule has 6 nitrogen and oxygen atoms in total. The number of carbonyl (C=O) groups excluding carboxylic acids is 1. The van der Waals surface area contributed by atoms with E-state index in [1.807, 2.05) is 6.92 Å². The van der Waals surface area contributed by atoms with Crippen LogP contribution in [0.25, 0.3) is 0 Å². The van der Waals surface area contributed by atoms with Crippen molar-refractivity contribution in [1.29, 1.82) is 0 Å². The first-order chi connectivity index (χ1) is 17.7. The van der Waals surface area contributed by atoms with Crippen molar-refractivity contribution in [1.82, 2.24) is 0 Å². The van der Waals surface area contributed by atoms with Crippen LogP contribution in [0.1, 0.15) is 82.0 Å². The minimum absolute atomic E-state index is 0.0481. The fraction of sp³-hybridized carbons (Fsp3) is 0.731. The molecule has 8 atom stereocenters. The van der Waals surface area contributed by atoms with E-state index in [9.17, 15) is 35.2 Å². The Kier molecular flexibility index (Phi) is 6.87. The van der Waals surface area contributed by atoms with E-state index in [1.54, 1.807) is 0 Å². The van der Waals surface area contributed by atoms with Gasteiger partial charge >= 0.3 is 16.4 Å². The van der Waals surface area contributed by atoms with E-state index in [2.05, 4.69) is 6.92 Å². The summed E-state index contributed by atoms with van der Waals surface area (Å²) in [6, 6.07) is 0. The van der Waals surface area contributed by atoms with E-state index < -0.39 is 68.6 Å². The molecule has 3 unspecified atom stereocenters. The van der Waals surface area contributed by atoms with Crippen LogP contribution in [0.2, 0.25) is 0 Å². The lowest BCUT2D eigenvalue weighted by Gasteiger charge is -2.60. The predicted molar refractivity (Wildman–Crippen MR) is 124 cm³/mol. The van der Waals surface area contributed by atoms with Gasteiger partial charge in [-0.2, -0.15) is 8.42 Å². The molecule has 0 saturated heterocycles. The highest BCUT2D eigenvalue weighted by Crippen LogP contribution is 2.66. The van der Waals surface area contributed by atoms with Crippen LogP contribution in [0.15, 0.2) is 0 Å². The molecule has 0 aliphatic heterocycles. The van der Waals surface area contributed by atoms with Crippen molar-refractivity contribution >= 4 is 16.4 Å². The summed E-state index contributed by atoms with van der Waals surface area (Å²) in [5, 5.41) is 0. The fourth-order valence-corrected chi connectivity index (χ4v) is 9.11. The highest BCUT2D eigenvalue weighted by atomic mass is 32.3. The molecule has 38 heavy (non-hydrogen) atoms. The fourth-order valence-electron chi connectivity index (χ4n) is 8.60. The van der Waals surface area contributed by atoms with Crippen LogP contribution in [0, 0.1) is 63.6 Å². The summed E-state index contributed by atoms with van der Waals surface area (Å²) in [6.07, 6.45) is 4.88. The van der Waals surface area contributed by atoms with Crippen LogP contribution in [-0.2, 0) is 19.3 Å². The lowest BCUT2D eigenvalue weighted by Crippen LogP contribution is -2.55. The standard InChI is InChI=1S/C26H31F5O6S/c1-25-9-7-13(37-38(33,34)35)11-12(25)3-4-14-15-5-6-17(26(15,2)10-8-16(14)25)36-24(32)18-19(27)21(29)23(31)22(30)20(18)28/h12-17H,3-11H2,1-2H3,(H,33,34,35)/t12-,13-,14?,15?,16?,17-,25+,26+/m1/s1.